The normalized spacial score (nSPS) is 16.9. The zero-order valence-electron chi connectivity index (χ0n) is 20.6. The Morgan fingerprint density at radius 3 is 2.66 bits per heavy atom. The van der Waals surface area contributed by atoms with Crippen LogP contribution in [0.3, 0.4) is 0 Å². The minimum Gasteiger partial charge on any atom is -0.352 e. The molecule has 1 amide bonds. The standard InChI is InChI=1S/C30H26N6OS/c37-27(33-24-13-5-9-21-8-1-2-11-23(21)24)15-19-36-29(28(34-30(36)38)25-12-3-4-17-32-25)26-14-7-18-35(26)22-10-6-16-31-20-22/h1-14,16-18,20,28-29H,15,19H2,(H,33,37)(H,34,38). The lowest BCUT2D eigenvalue weighted by molar-refractivity contribution is -0.116. The van der Waals surface area contributed by atoms with E-state index >= 15 is 0 Å². The quantitative estimate of drug-likeness (QED) is 0.280. The SMILES string of the molecule is O=C(CCN1C(=S)NC(c2ccccn2)C1c1cccn1-c1cccnc1)Nc1cccc2ccccc12. The summed E-state index contributed by atoms with van der Waals surface area (Å²) in [5.41, 5.74) is 3.69. The highest BCUT2D eigenvalue weighted by molar-refractivity contribution is 7.80. The second-order valence-corrected chi connectivity index (χ2v) is 9.55. The lowest BCUT2D eigenvalue weighted by Gasteiger charge is -2.28. The third-order valence-corrected chi connectivity index (χ3v) is 7.20. The smallest absolute Gasteiger partial charge is 0.226 e. The Labute approximate surface area is 226 Å². The molecule has 2 aromatic carbocycles. The average molecular weight is 519 g/mol. The van der Waals surface area contributed by atoms with Crippen LogP contribution in [-0.2, 0) is 4.79 Å². The molecular formula is C30H26N6OS. The first-order chi connectivity index (χ1) is 18.7. The molecule has 4 heterocycles. The number of benzene rings is 2. The molecule has 0 aliphatic carbocycles. The number of nitrogens with one attached hydrogen (secondary N) is 2. The second kappa shape index (κ2) is 10.4. The Bertz CT molecular complexity index is 1580. The van der Waals surface area contributed by atoms with Crippen LogP contribution in [0.2, 0.25) is 0 Å². The summed E-state index contributed by atoms with van der Waals surface area (Å²) >= 11 is 5.81. The molecule has 1 aliphatic heterocycles. The van der Waals surface area contributed by atoms with Crippen LogP contribution >= 0.6 is 12.2 Å². The van der Waals surface area contributed by atoms with Crippen molar-refractivity contribution in [2.45, 2.75) is 18.5 Å². The van der Waals surface area contributed by atoms with Gasteiger partial charge in [-0.3, -0.25) is 14.8 Å². The van der Waals surface area contributed by atoms with Crippen molar-refractivity contribution in [3.63, 3.8) is 0 Å². The zero-order valence-corrected chi connectivity index (χ0v) is 21.4. The van der Waals surface area contributed by atoms with Gasteiger partial charge in [-0.1, -0.05) is 42.5 Å². The van der Waals surface area contributed by atoms with Crippen molar-refractivity contribution < 1.29 is 4.79 Å². The van der Waals surface area contributed by atoms with Crippen LogP contribution in [0.15, 0.2) is 110 Å². The first-order valence-electron chi connectivity index (χ1n) is 12.5. The maximum absolute atomic E-state index is 13.1. The van der Waals surface area contributed by atoms with E-state index in [1.165, 1.54) is 0 Å². The molecule has 1 aliphatic rings. The minimum atomic E-state index is -0.171. The number of anilines is 1. The summed E-state index contributed by atoms with van der Waals surface area (Å²) in [6.45, 7) is 0.453. The number of carbonyl (C=O) groups is 1. The van der Waals surface area contributed by atoms with E-state index in [0.717, 1.165) is 33.5 Å². The lowest BCUT2D eigenvalue weighted by atomic mass is 10.0. The molecule has 38 heavy (non-hydrogen) atoms. The number of aromatic nitrogens is 3. The topological polar surface area (TPSA) is 75.1 Å². The molecule has 2 N–H and O–H groups in total. The molecule has 1 saturated heterocycles. The number of hydrogen-bond acceptors (Lipinski definition) is 4. The number of rotatable bonds is 7. The Kier molecular flexibility index (Phi) is 6.54. The van der Waals surface area contributed by atoms with Gasteiger partial charge in [-0.25, -0.2) is 0 Å². The van der Waals surface area contributed by atoms with Gasteiger partial charge in [-0.2, -0.15) is 0 Å². The van der Waals surface area contributed by atoms with Crippen molar-refractivity contribution in [1.29, 1.82) is 0 Å². The molecule has 2 atom stereocenters. The van der Waals surface area contributed by atoms with Gasteiger partial charge < -0.3 is 20.1 Å². The molecule has 7 nitrogen and oxygen atoms in total. The van der Waals surface area contributed by atoms with Gasteiger partial charge in [-0.05, 0) is 60.1 Å². The Hall–Kier alpha value is -4.56. The number of pyridine rings is 2. The molecule has 0 saturated carbocycles. The molecule has 5 aromatic rings. The van der Waals surface area contributed by atoms with Crippen LogP contribution in [0, 0.1) is 0 Å². The van der Waals surface area contributed by atoms with Gasteiger partial charge >= 0.3 is 0 Å². The molecule has 0 spiro atoms. The summed E-state index contributed by atoms with van der Waals surface area (Å²) in [7, 11) is 0. The number of thiocarbonyl (C=S) groups is 1. The number of carbonyl (C=O) groups excluding carboxylic acids is 1. The van der Waals surface area contributed by atoms with Crippen LogP contribution in [0.5, 0.6) is 0 Å². The van der Waals surface area contributed by atoms with Gasteiger partial charge in [-0.15, -0.1) is 0 Å². The molecule has 3 aromatic heterocycles. The predicted octanol–water partition coefficient (Wildman–Crippen LogP) is 5.42. The number of amides is 1. The van der Waals surface area contributed by atoms with E-state index in [2.05, 4.69) is 36.1 Å². The maximum atomic E-state index is 13.1. The van der Waals surface area contributed by atoms with Gasteiger partial charge in [0.1, 0.15) is 0 Å². The van der Waals surface area contributed by atoms with E-state index in [9.17, 15) is 4.79 Å². The van der Waals surface area contributed by atoms with E-state index in [-0.39, 0.29) is 24.4 Å². The number of hydrogen-bond donors (Lipinski definition) is 2. The summed E-state index contributed by atoms with van der Waals surface area (Å²) in [4.78, 5) is 24.1. The monoisotopic (exact) mass is 518 g/mol. The highest BCUT2D eigenvalue weighted by atomic mass is 32.1. The number of nitrogens with zero attached hydrogens (tertiary/aromatic N) is 4. The highest BCUT2D eigenvalue weighted by Gasteiger charge is 2.41. The van der Waals surface area contributed by atoms with Crippen molar-refractivity contribution in [3.05, 3.63) is 121 Å². The fourth-order valence-corrected chi connectivity index (χ4v) is 5.44. The van der Waals surface area contributed by atoms with Crippen molar-refractivity contribution in [2.75, 3.05) is 11.9 Å². The van der Waals surface area contributed by atoms with E-state index in [1.807, 2.05) is 91.3 Å². The Balaban J connectivity index is 1.28. The molecule has 188 valence electrons. The molecule has 2 unspecified atom stereocenters. The van der Waals surface area contributed by atoms with Gasteiger partial charge in [0.05, 0.1) is 29.7 Å². The first kappa shape index (κ1) is 23.8. The average Bonchev–Trinajstić information content (AvgIpc) is 3.57. The van der Waals surface area contributed by atoms with E-state index in [4.69, 9.17) is 12.2 Å². The van der Waals surface area contributed by atoms with Gasteiger partial charge in [0.2, 0.25) is 5.91 Å². The molecule has 8 heteroatoms. The Morgan fingerprint density at radius 1 is 0.947 bits per heavy atom. The summed E-state index contributed by atoms with van der Waals surface area (Å²) in [5.74, 6) is -0.0631. The first-order valence-corrected chi connectivity index (χ1v) is 12.9. The van der Waals surface area contributed by atoms with Crippen LogP contribution in [0.4, 0.5) is 5.69 Å². The molecule has 0 radical (unpaired) electrons. The molecule has 1 fully saturated rings. The van der Waals surface area contributed by atoms with Crippen LogP contribution in [-0.4, -0.2) is 37.0 Å². The number of fused-ring (bicyclic) bond motifs is 1. The van der Waals surface area contributed by atoms with E-state index < -0.39 is 0 Å². The third kappa shape index (κ3) is 4.62. The highest BCUT2D eigenvalue weighted by Crippen LogP contribution is 2.39. The molecule has 6 rings (SSSR count). The van der Waals surface area contributed by atoms with Crippen LogP contribution < -0.4 is 10.6 Å². The minimum absolute atomic E-state index is 0.0631. The largest absolute Gasteiger partial charge is 0.352 e. The molecular weight excluding hydrogens is 492 g/mol. The van der Waals surface area contributed by atoms with Gasteiger partial charge in [0.25, 0.3) is 0 Å². The van der Waals surface area contributed by atoms with Crippen LogP contribution in [0.25, 0.3) is 16.5 Å². The van der Waals surface area contributed by atoms with E-state index in [1.54, 1.807) is 12.4 Å². The maximum Gasteiger partial charge on any atom is 0.226 e. The molecule has 0 bridgehead atoms. The fraction of sp³-hybridized carbons (Fsp3) is 0.133. The van der Waals surface area contributed by atoms with Crippen molar-refractivity contribution in [2.24, 2.45) is 0 Å². The summed E-state index contributed by atoms with van der Waals surface area (Å²) in [6, 6.07) is 27.6. The fourth-order valence-electron chi connectivity index (χ4n) is 5.10. The summed E-state index contributed by atoms with van der Waals surface area (Å²) in [5, 5.41) is 9.27. The van der Waals surface area contributed by atoms with Crippen molar-refractivity contribution >= 4 is 39.7 Å². The van der Waals surface area contributed by atoms with Crippen LogP contribution in [0.1, 0.15) is 29.9 Å². The zero-order chi connectivity index (χ0) is 25.9. The van der Waals surface area contributed by atoms with E-state index in [0.29, 0.717) is 11.7 Å². The lowest BCUT2D eigenvalue weighted by Crippen LogP contribution is -2.33. The van der Waals surface area contributed by atoms with Gasteiger partial charge in [0, 0.05) is 48.3 Å². The Morgan fingerprint density at radius 2 is 1.82 bits per heavy atom. The van der Waals surface area contributed by atoms with Crippen molar-refractivity contribution in [1.82, 2.24) is 24.8 Å². The predicted molar refractivity (Wildman–Crippen MR) is 153 cm³/mol. The van der Waals surface area contributed by atoms with Crippen molar-refractivity contribution in [3.8, 4) is 5.69 Å². The summed E-state index contributed by atoms with van der Waals surface area (Å²) < 4.78 is 2.12. The second-order valence-electron chi connectivity index (χ2n) is 9.16. The third-order valence-electron chi connectivity index (χ3n) is 6.85. The summed E-state index contributed by atoms with van der Waals surface area (Å²) in [6.07, 6.45) is 7.69. The van der Waals surface area contributed by atoms with Gasteiger partial charge in [0.15, 0.2) is 5.11 Å².